The van der Waals surface area contributed by atoms with Gasteiger partial charge in [-0.3, -0.25) is 9.59 Å². The van der Waals surface area contributed by atoms with Crippen LogP contribution in [0.3, 0.4) is 0 Å². The molecule has 166 valence electrons. The maximum Gasteiger partial charge on any atom is 0.350 e. The van der Waals surface area contributed by atoms with Crippen LogP contribution in [0.5, 0.6) is 11.5 Å². The predicted octanol–water partition coefficient (Wildman–Crippen LogP) is 2.42. The fourth-order valence-corrected chi connectivity index (χ4v) is 3.41. The second-order valence-corrected chi connectivity index (χ2v) is 7.52. The van der Waals surface area contributed by atoms with E-state index in [2.05, 4.69) is 15.7 Å². The first-order valence-electron chi connectivity index (χ1n) is 10.1. The smallest absolute Gasteiger partial charge is 0.350 e. The number of aromatic nitrogens is 3. The zero-order chi connectivity index (χ0) is 22.9. The molecule has 4 aromatic rings. The molecule has 1 aliphatic heterocycles. The molecule has 0 saturated carbocycles. The van der Waals surface area contributed by atoms with Crippen molar-refractivity contribution in [1.82, 2.24) is 14.2 Å². The Morgan fingerprint density at radius 1 is 0.970 bits per heavy atom. The van der Waals surface area contributed by atoms with Crippen molar-refractivity contribution in [3.63, 3.8) is 0 Å². The summed E-state index contributed by atoms with van der Waals surface area (Å²) in [6.45, 7) is 1.80. The number of anilines is 2. The number of rotatable bonds is 5. The van der Waals surface area contributed by atoms with Crippen molar-refractivity contribution < 1.29 is 19.1 Å². The number of carbonyl (C=O) groups excluding carboxylic acids is 2. The molecule has 0 fully saturated rings. The summed E-state index contributed by atoms with van der Waals surface area (Å²) in [5, 5.41) is 9.67. The molecule has 10 nitrogen and oxygen atoms in total. The SMILES string of the molecule is Cc1ccc(NC(=O)c2ccc3nn(CC(=O)Nc4ccc5c(c4)OCO5)c(=O)n3c2)cc1. The van der Waals surface area contributed by atoms with Crippen LogP contribution in [0.25, 0.3) is 5.65 Å². The number of aryl methyl sites for hydroxylation is 1. The van der Waals surface area contributed by atoms with Gasteiger partial charge in [0.1, 0.15) is 6.54 Å². The number of ether oxygens (including phenoxy) is 2. The number of hydrogen-bond donors (Lipinski definition) is 2. The number of nitrogens with zero attached hydrogens (tertiary/aromatic N) is 3. The number of amides is 2. The average Bonchev–Trinajstić information content (AvgIpc) is 3.39. The monoisotopic (exact) mass is 445 g/mol. The standard InChI is InChI=1S/C23H19N5O5/c1-14-2-5-16(6-3-14)25-22(30)15-4-9-20-26-28(23(31)27(20)11-15)12-21(29)24-17-7-8-18-19(10-17)33-13-32-18/h2-11H,12-13H2,1H3,(H,24,29)(H,25,30). The zero-order valence-corrected chi connectivity index (χ0v) is 17.6. The molecule has 2 N–H and O–H groups in total. The molecule has 0 bridgehead atoms. The highest BCUT2D eigenvalue weighted by atomic mass is 16.7. The number of nitrogens with one attached hydrogen (secondary N) is 2. The van der Waals surface area contributed by atoms with Crippen LogP contribution >= 0.6 is 0 Å². The summed E-state index contributed by atoms with van der Waals surface area (Å²) in [6.07, 6.45) is 1.40. The van der Waals surface area contributed by atoms with Crippen LogP contribution < -0.4 is 25.8 Å². The Morgan fingerprint density at radius 2 is 1.73 bits per heavy atom. The van der Waals surface area contributed by atoms with Gasteiger partial charge in [0.05, 0.1) is 5.56 Å². The minimum atomic E-state index is -0.532. The van der Waals surface area contributed by atoms with E-state index in [0.29, 0.717) is 28.5 Å². The third-order valence-electron chi connectivity index (χ3n) is 5.10. The number of carbonyl (C=O) groups is 2. The third-order valence-corrected chi connectivity index (χ3v) is 5.10. The second kappa shape index (κ2) is 8.15. The van der Waals surface area contributed by atoms with Gasteiger partial charge >= 0.3 is 5.69 Å². The molecule has 0 unspecified atom stereocenters. The molecule has 2 amide bonds. The number of pyridine rings is 1. The van der Waals surface area contributed by atoms with E-state index in [1.165, 1.54) is 10.6 Å². The van der Waals surface area contributed by atoms with Gasteiger partial charge in [-0.15, -0.1) is 5.10 Å². The quantitative estimate of drug-likeness (QED) is 0.488. The first kappa shape index (κ1) is 20.3. The fraction of sp³-hybridized carbons (Fsp3) is 0.130. The summed E-state index contributed by atoms with van der Waals surface area (Å²) in [5.74, 6) is 0.346. The van der Waals surface area contributed by atoms with E-state index in [0.717, 1.165) is 10.2 Å². The molecule has 3 heterocycles. The van der Waals surface area contributed by atoms with E-state index in [1.54, 1.807) is 42.5 Å². The van der Waals surface area contributed by atoms with Gasteiger partial charge in [0.15, 0.2) is 17.1 Å². The normalized spacial score (nSPS) is 12.0. The van der Waals surface area contributed by atoms with E-state index in [-0.39, 0.29) is 24.8 Å². The Kier molecular flexibility index (Phi) is 5.02. The Hall–Kier alpha value is -4.60. The lowest BCUT2D eigenvalue weighted by molar-refractivity contribution is -0.117. The molecular formula is C23H19N5O5. The van der Waals surface area contributed by atoms with Crippen molar-refractivity contribution in [3.05, 3.63) is 82.4 Å². The van der Waals surface area contributed by atoms with Crippen LogP contribution in [-0.4, -0.2) is 32.8 Å². The summed E-state index contributed by atoms with van der Waals surface area (Å²) in [5.41, 5.74) is 2.31. The summed E-state index contributed by atoms with van der Waals surface area (Å²) >= 11 is 0. The summed E-state index contributed by atoms with van der Waals surface area (Å²) < 4.78 is 12.8. The van der Waals surface area contributed by atoms with Crippen molar-refractivity contribution in [2.75, 3.05) is 17.4 Å². The molecule has 0 aliphatic carbocycles. The largest absolute Gasteiger partial charge is 0.454 e. The Balaban J connectivity index is 1.31. The second-order valence-electron chi connectivity index (χ2n) is 7.52. The lowest BCUT2D eigenvalue weighted by Gasteiger charge is -2.05. The fourth-order valence-electron chi connectivity index (χ4n) is 3.41. The van der Waals surface area contributed by atoms with E-state index >= 15 is 0 Å². The van der Waals surface area contributed by atoms with Crippen LogP contribution in [0.1, 0.15) is 15.9 Å². The summed E-state index contributed by atoms with van der Waals surface area (Å²) in [6, 6.07) is 15.5. The van der Waals surface area contributed by atoms with Crippen LogP contribution in [0.2, 0.25) is 0 Å². The molecule has 0 atom stereocenters. The summed E-state index contributed by atoms with van der Waals surface area (Å²) in [7, 11) is 0. The van der Waals surface area contributed by atoms with Crippen molar-refractivity contribution in [2.24, 2.45) is 0 Å². The lowest BCUT2D eigenvalue weighted by atomic mass is 10.2. The van der Waals surface area contributed by atoms with Gasteiger partial charge in [-0.2, -0.15) is 0 Å². The highest BCUT2D eigenvalue weighted by Crippen LogP contribution is 2.34. The highest BCUT2D eigenvalue weighted by molar-refractivity contribution is 6.04. The minimum absolute atomic E-state index is 0.133. The molecule has 5 rings (SSSR count). The summed E-state index contributed by atoms with van der Waals surface area (Å²) in [4.78, 5) is 37.8. The predicted molar refractivity (Wildman–Crippen MR) is 120 cm³/mol. The number of fused-ring (bicyclic) bond motifs is 2. The van der Waals surface area contributed by atoms with Crippen molar-refractivity contribution in [1.29, 1.82) is 0 Å². The Bertz CT molecular complexity index is 1440. The first-order valence-corrected chi connectivity index (χ1v) is 10.1. The Labute approximate surface area is 187 Å². The molecular weight excluding hydrogens is 426 g/mol. The van der Waals surface area contributed by atoms with Gasteiger partial charge in [-0.25, -0.2) is 13.9 Å². The van der Waals surface area contributed by atoms with E-state index in [4.69, 9.17) is 9.47 Å². The van der Waals surface area contributed by atoms with Crippen molar-refractivity contribution >= 4 is 28.8 Å². The van der Waals surface area contributed by atoms with Crippen LogP contribution in [-0.2, 0) is 11.3 Å². The maximum absolute atomic E-state index is 12.8. The molecule has 2 aromatic carbocycles. The average molecular weight is 445 g/mol. The van der Waals surface area contributed by atoms with Gasteiger partial charge in [0.2, 0.25) is 12.7 Å². The minimum Gasteiger partial charge on any atom is -0.454 e. The zero-order valence-electron chi connectivity index (χ0n) is 17.6. The van der Waals surface area contributed by atoms with Crippen LogP contribution in [0, 0.1) is 6.92 Å². The molecule has 0 radical (unpaired) electrons. The van der Waals surface area contributed by atoms with Gasteiger partial charge in [-0.05, 0) is 43.3 Å². The van der Waals surface area contributed by atoms with Gasteiger partial charge < -0.3 is 20.1 Å². The molecule has 10 heteroatoms. The van der Waals surface area contributed by atoms with Crippen molar-refractivity contribution in [3.8, 4) is 11.5 Å². The number of benzene rings is 2. The van der Waals surface area contributed by atoms with Gasteiger partial charge in [-0.1, -0.05) is 17.7 Å². The molecule has 0 spiro atoms. The topological polar surface area (TPSA) is 116 Å². The third kappa shape index (κ3) is 4.13. The van der Waals surface area contributed by atoms with E-state index in [1.807, 2.05) is 19.1 Å². The molecule has 33 heavy (non-hydrogen) atoms. The molecule has 0 saturated heterocycles. The van der Waals surface area contributed by atoms with Gasteiger partial charge in [0.25, 0.3) is 5.91 Å². The van der Waals surface area contributed by atoms with E-state index < -0.39 is 11.6 Å². The highest BCUT2D eigenvalue weighted by Gasteiger charge is 2.16. The van der Waals surface area contributed by atoms with Gasteiger partial charge in [0, 0.05) is 23.6 Å². The Morgan fingerprint density at radius 3 is 2.55 bits per heavy atom. The number of hydrogen-bond acceptors (Lipinski definition) is 6. The lowest BCUT2D eigenvalue weighted by Crippen LogP contribution is -2.28. The molecule has 2 aromatic heterocycles. The molecule has 1 aliphatic rings. The maximum atomic E-state index is 12.8. The van der Waals surface area contributed by atoms with Crippen LogP contribution in [0.4, 0.5) is 11.4 Å². The first-order chi connectivity index (χ1) is 16.0. The van der Waals surface area contributed by atoms with Crippen molar-refractivity contribution in [2.45, 2.75) is 13.5 Å². The van der Waals surface area contributed by atoms with E-state index in [9.17, 15) is 14.4 Å². The van der Waals surface area contributed by atoms with Crippen LogP contribution in [0.15, 0.2) is 65.6 Å².